The summed E-state index contributed by atoms with van der Waals surface area (Å²) in [6, 6.07) is 18.7. The predicted molar refractivity (Wildman–Crippen MR) is 155 cm³/mol. The number of anilines is 1. The lowest BCUT2D eigenvalue weighted by Gasteiger charge is -2.18. The number of benzene rings is 3. The molecule has 0 saturated carbocycles. The Morgan fingerprint density at radius 1 is 1.00 bits per heavy atom. The molecule has 2 N–H and O–H groups in total. The lowest BCUT2D eigenvalue weighted by atomic mass is 9.99. The lowest BCUT2D eigenvalue weighted by molar-refractivity contribution is -0.139. The number of rotatable bonds is 10. The molecule has 0 radical (unpaired) electrons. The van der Waals surface area contributed by atoms with Crippen LogP contribution in [0.25, 0.3) is 10.9 Å². The minimum Gasteiger partial charge on any atom is -0.494 e. The summed E-state index contributed by atoms with van der Waals surface area (Å²) >= 11 is 0. The van der Waals surface area contributed by atoms with Gasteiger partial charge in [-0.3, -0.25) is 9.59 Å². The second-order valence-corrected chi connectivity index (χ2v) is 9.82. The molecule has 8 nitrogen and oxygen atoms in total. The van der Waals surface area contributed by atoms with E-state index in [1.165, 1.54) is 19.2 Å². The van der Waals surface area contributed by atoms with Crippen LogP contribution in [0.15, 0.2) is 71.7 Å². The fourth-order valence-electron chi connectivity index (χ4n) is 4.42. The molecular weight excluding hydrogens is 511 g/mol. The summed E-state index contributed by atoms with van der Waals surface area (Å²) in [5, 5.41) is 11.5. The average Bonchev–Trinajstić information content (AvgIpc) is 3.26. The Kier molecular flexibility index (Phi) is 8.96. The number of ether oxygens (including phenoxy) is 1. The molecule has 0 atom stereocenters. The largest absolute Gasteiger partial charge is 0.494 e. The van der Waals surface area contributed by atoms with E-state index in [-0.39, 0.29) is 24.2 Å². The average molecular weight is 545 g/mol. The molecule has 208 valence electrons. The van der Waals surface area contributed by atoms with Crippen LogP contribution in [0.5, 0.6) is 5.88 Å². The molecular formula is C31H33FN4O4. The Hall–Kier alpha value is -4.50. The van der Waals surface area contributed by atoms with Crippen LogP contribution in [-0.4, -0.2) is 67.4 Å². The van der Waals surface area contributed by atoms with Crippen LogP contribution in [0.2, 0.25) is 0 Å². The summed E-state index contributed by atoms with van der Waals surface area (Å²) in [6.45, 7) is 0.840. The molecule has 0 aliphatic heterocycles. The van der Waals surface area contributed by atoms with E-state index in [2.05, 4.69) is 4.98 Å². The van der Waals surface area contributed by atoms with Gasteiger partial charge in [0.1, 0.15) is 5.82 Å². The Balaban J connectivity index is 1.69. The number of aromatic amines is 1. The zero-order valence-corrected chi connectivity index (χ0v) is 23.1. The van der Waals surface area contributed by atoms with Gasteiger partial charge in [-0.15, -0.1) is 0 Å². The van der Waals surface area contributed by atoms with Gasteiger partial charge >= 0.3 is 5.97 Å². The Labute approximate surface area is 232 Å². The van der Waals surface area contributed by atoms with Crippen LogP contribution in [0.1, 0.15) is 29.5 Å². The van der Waals surface area contributed by atoms with Gasteiger partial charge in [-0.1, -0.05) is 24.3 Å². The number of hydrogen-bond donors (Lipinski definition) is 2. The lowest BCUT2D eigenvalue weighted by Crippen LogP contribution is -2.27. The summed E-state index contributed by atoms with van der Waals surface area (Å²) in [6.07, 6.45) is 1.35. The van der Waals surface area contributed by atoms with E-state index in [4.69, 9.17) is 9.73 Å². The second kappa shape index (κ2) is 12.6. The summed E-state index contributed by atoms with van der Waals surface area (Å²) in [5.41, 5.74) is 4.12. The van der Waals surface area contributed by atoms with Crippen LogP contribution in [0.4, 0.5) is 15.8 Å². The van der Waals surface area contributed by atoms with E-state index in [0.717, 1.165) is 24.2 Å². The van der Waals surface area contributed by atoms with Crippen molar-refractivity contribution in [1.82, 2.24) is 9.88 Å². The van der Waals surface area contributed by atoms with Gasteiger partial charge in [-0.2, -0.15) is 0 Å². The van der Waals surface area contributed by atoms with Gasteiger partial charge in [-0.25, -0.2) is 9.38 Å². The molecule has 0 saturated heterocycles. The highest BCUT2D eigenvalue weighted by molar-refractivity contribution is 6.21. The van der Waals surface area contributed by atoms with Gasteiger partial charge in [0.2, 0.25) is 5.91 Å². The van der Waals surface area contributed by atoms with E-state index in [9.17, 15) is 19.1 Å². The van der Waals surface area contributed by atoms with Crippen LogP contribution in [0, 0.1) is 5.82 Å². The minimum atomic E-state index is -0.429. The highest BCUT2D eigenvalue weighted by atomic mass is 19.1. The molecule has 0 bridgehead atoms. The van der Waals surface area contributed by atoms with Crippen molar-refractivity contribution < 1.29 is 23.8 Å². The molecule has 40 heavy (non-hydrogen) atoms. The number of nitrogens with zero attached hydrogens (tertiary/aromatic N) is 3. The Morgan fingerprint density at radius 3 is 2.35 bits per heavy atom. The van der Waals surface area contributed by atoms with Crippen molar-refractivity contribution in [2.45, 2.75) is 19.3 Å². The van der Waals surface area contributed by atoms with Crippen LogP contribution < -0.4 is 4.90 Å². The maximum absolute atomic E-state index is 13.9. The number of nitrogens with one attached hydrogen (secondary N) is 1. The molecule has 4 aromatic rings. The molecule has 0 aliphatic carbocycles. The quantitative estimate of drug-likeness (QED) is 0.211. The van der Waals surface area contributed by atoms with Crippen molar-refractivity contribution in [2.75, 3.05) is 39.7 Å². The van der Waals surface area contributed by atoms with E-state index in [1.807, 2.05) is 43.3 Å². The minimum absolute atomic E-state index is 0.0294. The number of carbonyl (C=O) groups is 2. The predicted octanol–water partition coefficient (Wildman–Crippen LogP) is 5.20. The number of halogens is 1. The SMILES string of the molecule is COC(=O)Cc1ccc(C(=Nc2ccc(N(C)C(=O)CCCN(C)C)cc2)c2c(O)[nH]c3cc(F)ccc23)cc1. The first-order valence-electron chi connectivity index (χ1n) is 12.9. The van der Waals surface area contributed by atoms with Gasteiger partial charge in [-0.05, 0) is 75.1 Å². The summed E-state index contributed by atoms with van der Waals surface area (Å²) < 4.78 is 18.6. The highest BCUT2D eigenvalue weighted by Gasteiger charge is 2.20. The van der Waals surface area contributed by atoms with Crippen molar-refractivity contribution in [1.29, 1.82) is 0 Å². The number of aromatic hydroxyl groups is 1. The molecule has 1 amide bonds. The number of fused-ring (bicyclic) bond motifs is 1. The summed E-state index contributed by atoms with van der Waals surface area (Å²) in [5.74, 6) is -0.888. The third kappa shape index (κ3) is 6.73. The molecule has 0 unspecified atom stereocenters. The van der Waals surface area contributed by atoms with E-state index in [0.29, 0.717) is 39.8 Å². The zero-order chi connectivity index (χ0) is 28.8. The first kappa shape index (κ1) is 28.5. The topological polar surface area (TPSA) is 98.2 Å². The number of aliphatic imine (C=N–C) groups is 1. The second-order valence-electron chi connectivity index (χ2n) is 9.82. The van der Waals surface area contributed by atoms with Crippen molar-refractivity contribution >= 4 is 39.9 Å². The van der Waals surface area contributed by atoms with Gasteiger partial charge in [0.25, 0.3) is 0 Å². The Morgan fingerprint density at radius 2 is 1.70 bits per heavy atom. The summed E-state index contributed by atoms with van der Waals surface area (Å²) in [7, 11) is 7.05. The number of hydrogen-bond acceptors (Lipinski definition) is 6. The monoisotopic (exact) mass is 544 g/mol. The normalized spacial score (nSPS) is 11.7. The number of carbonyl (C=O) groups excluding carboxylic acids is 2. The first-order valence-corrected chi connectivity index (χ1v) is 12.9. The molecule has 4 rings (SSSR count). The fourth-order valence-corrected chi connectivity index (χ4v) is 4.42. The third-order valence-electron chi connectivity index (χ3n) is 6.63. The van der Waals surface area contributed by atoms with Gasteiger partial charge in [0.05, 0.1) is 36.0 Å². The fraction of sp³-hybridized carbons (Fsp3) is 0.258. The smallest absolute Gasteiger partial charge is 0.309 e. The zero-order valence-electron chi connectivity index (χ0n) is 23.1. The van der Waals surface area contributed by atoms with Crippen LogP contribution in [0.3, 0.4) is 0 Å². The summed E-state index contributed by atoms with van der Waals surface area (Å²) in [4.78, 5) is 35.7. The number of aromatic nitrogens is 1. The number of amides is 1. The van der Waals surface area contributed by atoms with Crippen LogP contribution in [-0.2, 0) is 20.7 Å². The molecule has 3 aromatic carbocycles. The Bertz CT molecular complexity index is 1530. The number of methoxy groups -OCH3 is 1. The molecule has 0 fully saturated rings. The van der Waals surface area contributed by atoms with Gasteiger partial charge in [0, 0.05) is 30.1 Å². The van der Waals surface area contributed by atoms with Gasteiger partial charge < -0.3 is 24.6 Å². The van der Waals surface area contributed by atoms with Crippen molar-refractivity contribution in [3.8, 4) is 5.88 Å². The number of esters is 1. The first-order chi connectivity index (χ1) is 19.2. The van der Waals surface area contributed by atoms with E-state index >= 15 is 0 Å². The standard InChI is InChI=1S/C31H33FN4O4/c1-35(2)17-5-6-27(37)36(3)24-14-12-23(13-15-24)33-30(21-9-7-20(8-10-21)18-28(38)40-4)29-25-16-11-22(32)19-26(25)34-31(29)39/h7-16,19,34,39H,5-6,17-18H2,1-4H3. The molecule has 1 aromatic heterocycles. The van der Waals surface area contributed by atoms with Gasteiger partial charge in [0.15, 0.2) is 5.88 Å². The molecule has 0 aliphatic rings. The van der Waals surface area contributed by atoms with Crippen molar-refractivity contribution in [3.05, 3.63) is 89.2 Å². The maximum atomic E-state index is 13.9. The maximum Gasteiger partial charge on any atom is 0.309 e. The number of H-pyrrole nitrogens is 1. The highest BCUT2D eigenvalue weighted by Crippen LogP contribution is 2.32. The molecule has 9 heteroatoms. The van der Waals surface area contributed by atoms with Crippen LogP contribution >= 0.6 is 0 Å². The third-order valence-corrected chi connectivity index (χ3v) is 6.63. The van der Waals surface area contributed by atoms with E-state index in [1.54, 1.807) is 42.3 Å². The molecule has 1 heterocycles. The van der Waals surface area contributed by atoms with Crippen molar-refractivity contribution in [2.24, 2.45) is 4.99 Å². The van der Waals surface area contributed by atoms with Crippen molar-refractivity contribution in [3.63, 3.8) is 0 Å². The molecule has 0 spiro atoms. The van der Waals surface area contributed by atoms with E-state index < -0.39 is 5.82 Å².